The van der Waals surface area contributed by atoms with Crippen molar-refractivity contribution in [3.05, 3.63) is 0 Å². The van der Waals surface area contributed by atoms with Gasteiger partial charge in [-0.15, -0.1) is 0 Å². The van der Waals surface area contributed by atoms with Crippen LogP contribution in [0.3, 0.4) is 0 Å². The molecule has 1 aliphatic rings. The van der Waals surface area contributed by atoms with E-state index >= 15 is 0 Å². The van der Waals surface area contributed by atoms with E-state index in [1.807, 2.05) is 6.92 Å². The van der Waals surface area contributed by atoms with Gasteiger partial charge in [0.1, 0.15) is 5.78 Å². The molecule has 1 nitrogen and oxygen atoms in total. The molecule has 13 heavy (non-hydrogen) atoms. The van der Waals surface area contributed by atoms with Gasteiger partial charge in [0.25, 0.3) is 0 Å². The van der Waals surface area contributed by atoms with E-state index in [4.69, 9.17) is 0 Å². The highest BCUT2D eigenvalue weighted by Gasteiger charge is 2.44. The number of carbonyl (C=O) groups excluding carboxylic acids is 1. The summed E-state index contributed by atoms with van der Waals surface area (Å²) in [6.07, 6.45) is 2.60. The van der Waals surface area contributed by atoms with Crippen molar-refractivity contribution < 1.29 is 13.6 Å². The average Bonchev–Trinajstić information content (AvgIpc) is 1.97. The molecule has 0 radical (unpaired) electrons. The number of hydrogen-bond donors (Lipinski definition) is 0. The molecule has 0 amide bonds. The highest BCUT2D eigenvalue weighted by atomic mass is 19.3. The van der Waals surface area contributed by atoms with Gasteiger partial charge in [-0.3, -0.25) is 4.79 Å². The summed E-state index contributed by atoms with van der Waals surface area (Å²) < 4.78 is 24.8. The summed E-state index contributed by atoms with van der Waals surface area (Å²) in [6.45, 7) is 1.95. The van der Waals surface area contributed by atoms with Crippen LogP contribution in [0.2, 0.25) is 0 Å². The number of halogens is 2. The van der Waals surface area contributed by atoms with Crippen LogP contribution >= 0.6 is 0 Å². The third-order valence-electron chi connectivity index (χ3n) is 2.53. The Kier molecular flexibility index (Phi) is 3.40. The lowest BCUT2D eigenvalue weighted by atomic mass is 9.78. The van der Waals surface area contributed by atoms with Crippen LogP contribution in [0.4, 0.5) is 8.78 Å². The lowest BCUT2D eigenvalue weighted by Crippen LogP contribution is -2.35. The highest BCUT2D eigenvalue weighted by Crippen LogP contribution is 2.44. The molecule has 0 aromatic heterocycles. The molecule has 1 rings (SSSR count). The smallest absolute Gasteiger partial charge is 0.248 e. The topological polar surface area (TPSA) is 17.1 Å². The van der Waals surface area contributed by atoms with E-state index in [1.165, 1.54) is 0 Å². The first-order valence-electron chi connectivity index (χ1n) is 4.93. The molecule has 0 aliphatic heterocycles. The number of hydrogen-bond acceptors (Lipinski definition) is 1. The maximum Gasteiger partial charge on any atom is 0.248 e. The van der Waals surface area contributed by atoms with Gasteiger partial charge in [0.05, 0.1) is 0 Å². The third kappa shape index (κ3) is 3.41. The fraction of sp³-hybridized carbons (Fsp3) is 0.900. The predicted molar refractivity (Wildman–Crippen MR) is 46.8 cm³/mol. The minimum Gasteiger partial charge on any atom is -0.300 e. The fourth-order valence-electron chi connectivity index (χ4n) is 1.76. The highest BCUT2D eigenvalue weighted by molar-refractivity contribution is 5.78. The van der Waals surface area contributed by atoms with Crippen molar-refractivity contribution >= 4 is 5.78 Å². The molecule has 0 atom stereocenters. The number of Topliss-reactive ketones (excluding diaryl/α,β-unsaturated/α-hetero) is 1. The van der Waals surface area contributed by atoms with Crippen molar-refractivity contribution in [3.8, 4) is 0 Å². The number of alkyl halides is 2. The molecule has 0 saturated heterocycles. The van der Waals surface area contributed by atoms with E-state index in [1.54, 1.807) is 0 Å². The molecule has 0 bridgehead atoms. The van der Waals surface area contributed by atoms with Crippen LogP contribution in [0.1, 0.15) is 45.4 Å². The maximum atomic E-state index is 12.4. The Morgan fingerprint density at radius 2 is 2.00 bits per heavy atom. The summed E-state index contributed by atoms with van der Waals surface area (Å²) in [4.78, 5) is 11.1. The summed E-state index contributed by atoms with van der Waals surface area (Å²) in [5, 5.41) is 0. The lowest BCUT2D eigenvalue weighted by Gasteiger charge is -2.34. The lowest BCUT2D eigenvalue weighted by molar-refractivity contribution is -0.125. The Morgan fingerprint density at radius 3 is 2.46 bits per heavy atom. The molecule has 1 saturated carbocycles. The van der Waals surface area contributed by atoms with E-state index in [0.29, 0.717) is 19.3 Å². The number of carbonyl (C=O) groups is 1. The van der Waals surface area contributed by atoms with Crippen LogP contribution in [0.25, 0.3) is 0 Å². The Hall–Kier alpha value is -0.470. The summed E-state index contributed by atoms with van der Waals surface area (Å²) in [5.74, 6) is -2.12. The van der Waals surface area contributed by atoms with E-state index in [0.717, 1.165) is 6.42 Å². The van der Waals surface area contributed by atoms with E-state index in [-0.39, 0.29) is 24.5 Å². The fourth-order valence-corrected chi connectivity index (χ4v) is 1.76. The normalized spacial score (nSPS) is 21.2. The van der Waals surface area contributed by atoms with E-state index < -0.39 is 5.92 Å². The summed E-state index contributed by atoms with van der Waals surface area (Å²) in [6, 6.07) is 0. The zero-order valence-electron chi connectivity index (χ0n) is 7.98. The van der Waals surface area contributed by atoms with Crippen molar-refractivity contribution in [1.82, 2.24) is 0 Å². The Labute approximate surface area is 77.5 Å². The second kappa shape index (κ2) is 4.16. The zero-order chi connectivity index (χ0) is 9.90. The molecule has 0 aromatic carbocycles. The quantitative estimate of drug-likeness (QED) is 0.650. The molecule has 1 aliphatic carbocycles. The minimum atomic E-state index is -2.43. The molecule has 0 spiro atoms. The third-order valence-corrected chi connectivity index (χ3v) is 2.53. The Balaban J connectivity index is 2.05. The second-order valence-electron chi connectivity index (χ2n) is 3.96. The predicted octanol–water partition coefficient (Wildman–Crippen LogP) is 3.18. The monoisotopic (exact) mass is 190 g/mol. The van der Waals surface area contributed by atoms with Crippen LogP contribution in [-0.2, 0) is 4.79 Å². The first-order valence-corrected chi connectivity index (χ1v) is 4.93. The first kappa shape index (κ1) is 10.6. The maximum absolute atomic E-state index is 12.4. The Morgan fingerprint density at radius 1 is 1.38 bits per heavy atom. The van der Waals surface area contributed by atoms with E-state index in [9.17, 15) is 13.6 Å². The van der Waals surface area contributed by atoms with Gasteiger partial charge in [-0.2, -0.15) is 0 Å². The van der Waals surface area contributed by atoms with Gasteiger partial charge in [0, 0.05) is 25.7 Å². The van der Waals surface area contributed by atoms with Crippen molar-refractivity contribution in [2.45, 2.75) is 51.4 Å². The van der Waals surface area contributed by atoms with Gasteiger partial charge in [0.15, 0.2) is 0 Å². The van der Waals surface area contributed by atoms with Crippen LogP contribution in [0.5, 0.6) is 0 Å². The second-order valence-corrected chi connectivity index (χ2v) is 3.96. The van der Waals surface area contributed by atoms with Crippen molar-refractivity contribution in [1.29, 1.82) is 0 Å². The summed E-state index contributed by atoms with van der Waals surface area (Å²) in [5.41, 5.74) is 0. The van der Waals surface area contributed by atoms with Crippen LogP contribution < -0.4 is 0 Å². The van der Waals surface area contributed by atoms with Gasteiger partial charge in [-0.05, 0) is 18.8 Å². The summed E-state index contributed by atoms with van der Waals surface area (Å²) >= 11 is 0. The molecule has 0 N–H and O–H groups in total. The van der Waals surface area contributed by atoms with Crippen molar-refractivity contribution in [2.75, 3.05) is 0 Å². The molecule has 76 valence electrons. The standard InChI is InChI=1S/C10H16F2O/c1-2-3-9(13)5-4-8-6-10(11,12)7-8/h8H,2-7H2,1H3. The van der Waals surface area contributed by atoms with Crippen LogP contribution in [-0.4, -0.2) is 11.7 Å². The van der Waals surface area contributed by atoms with Crippen molar-refractivity contribution in [2.24, 2.45) is 5.92 Å². The summed E-state index contributed by atoms with van der Waals surface area (Å²) in [7, 11) is 0. The molecular weight excluding hydrogens is 174 g/mol. The molecule has 0 aromatic rings. The minimum absolute atomic E-state index is 0.00753. The van der Waals surface area contributed by atoms with E-state index in [2.05, 4.69) is 0 Å². The first-order chi connectivity index (χ1) is 6.03. The molecule has 0 heterocycles. The van der Waals surface area contributed by atoms with Gasteiger partial charge < -0.3 is 0 Å². The van der Waals surface area contributed by atoms with Gasteiger partial charge in [-0.1, -0.05) is 6.92 Å². The van der Waals surface area contributed by atoms with Crippen LogP contribution in [0, 0.1) is 5.92 Å². The van der Waals surface area contributed by atoms with Gasteiger partial charge >= 0.3 is 0 Å². The SMILES string of the molecule is CCCC(=O)CCC1CC(F)(F)C1. The van der Waals surface area contributed by atoms with Gasteiger partial charge in [0.2, 0.25) is 5.92 Å². The average molecular weight is 190 g/mol. The molecular formula is C10H16F2O. The Bertz CT molecular complexity index is 181. The van der Waals surface area contributed by atoms with Gasteiger partial charge in [-0.25, -0.2) is 8.78 Å². The largest absolute Gasteiger partial charge is 0.300 e. The molecule has 3 heteroatoms. The number of rotatable bonds is 5. The van der Waals surface area contributed by atoms with Crippen LogP contribution in [0.15, 0.2) is 0 Å². The van der Waals surface area contributed by atoms with Crippen molar-refractivity contribution in [3.63, 3.8) is 0 Å². The zero-order valence-corrected chi connectivity index (χ0v) is 7.98. The number of ketones is 1. The molecule has 1 fully saturated rings. The molecule has 0 unspecified atom stereocenters.